The van der Waals surface area contributed by atoms with Crippen LogP contribution in [0.5, 0.6) is 0 Å². The minimum Gasteiger partial charge on any atom is -0.449 e. The molecule has 0 spiro atoms. The van der Waals surface area contributed by atoms with Crippen LogP contribution in [0.3, 0.4) is 0 Å². The lowest BCUT2D eigenvalue weighted by Gasteiger charge is -2.27. The first kappa shape index (κ1) is 62.0. The number of allylic oxidation sites excluding steroid dienone is 3. The number of aliphatic hydroxyl groups excluding tert-OH is 2. The van der Waals surface area contributed by atoms with Gasteiger partial charge in [0.15, 0.2) is 0 Å². The molecule has 0 aromatic heterocycles. The number of hydrogen-bond acceptors (Lipinski definition) is 11. The van der Waals surface area contributed by atoms with Crippen molar-refractivity contribution in [2.75, 3.05) is 56.7 Å². The largest absolute Gasteiger partial charge is 0.449 e. The van der Waals surface area contributed by atoms with E-state index in [0.717, 1.165) is 61.9 Å². The fourth-order valence-corrected chi connectivity index (χ4v) is 6.06. The average Bonchev–Trinajstić information content (AvgIpc) is 3.26. The Balaban J connectivity index is 0. The van der Waals surface area contributed by atoms with Gasteiger partial charge in [-0.15, -0.1) is 0 Å². The van der Waals surface area contributed by atoms with E-state index in [1.165, 1.54) is 19.6 Å². The van der Waals surface area contributed by atoms with Crippen LogP contribution < -0.4 is 10.6 Å². The average molecular weight is 939 g/mol. The monoisotopic (exact) mass is 939 g/mol. The predicted octanol–water partition coefficient (Wildman–Crippen LogP) is 11.5. The molecule has 0 radical (unpaired) electrons. The fourth-order valence-electron chi connectivity index (χ4n) is 5.37. The molecule has 13 heteroatoms. The van der Waals surface area contributed by atoms with Crippen molar-refractivity contribution in [1.29, 1.82) is 0 Å². The number of aliphatic imine (C=N–C) groups is 1. The summed E-state index contributed by atoms with van der Waals surface area (Å²) in [6, 6.07) is 23.9. The molecule has 2 amide bonds. The minimum atomic E-state index is -0.521. The van der Waals surface area contributed by atoms with Crippen molar-refractivity contribution in [3.05, 3.63) is 126 Å². The van der Waals surface area contributed by atoms with Crippen molar-refractivity contribution in [1.82, 2.24) is 15.5 Å². The number of benzene rings is 3. The Hall–Kier alpha value is -4.07. The number of alkyl carbamates (subject to hydrolysis) is 1. The van der Waals surface area contributed by atoms with E-state index in [9.17, 15) is 14.4 Å². The predicted molar refractivity (Wildman–Crippen MR) is 281 cm³/mol. The molecule has 3 rings (SSSR count). The molecule has 0 aliphatic carbocycles. The number of nitrogens with one attached hydrogen (secondary N) is 2. The Morgan fingerprint density at radius 2 is 1.09 bits per heavy atom. The van der Waals surface area contributed by atoms with Crippen LogP contribution in [0.1, 0.15) is 116 Å². The first-order chi connectivity index (χ1) is 30.0. The lowest BCUT2D eigenvalue weighted by Crippen LogP contribution is -2.41. The summed E-state index contributed by atoms with van der Waals surface area (Å²) in [5.74, 6) is 1.49. The molecular weight excluding hydrogens is 861 g/mol. The highest BCUT2D eigenvalue weighted by atomic mass is 32.2. The Kier molecular flexibility index (Phi) is 32.4. The van der Waals surface area contributed by atoms with Gasteiger partial charge >= 0.3 is 6.09 Å². The van der Waals surface area contributed by atoms with Crippen molar-refractivity contribution in [2.45, 2.75) is 99.7 Å². The summed E-state index contributed by atoms with van der Waals surface area (Å²) in [5.41, 5.74) is 7.77. The first-order valence-electron chi connectivity index (χ1n) is 21.4. The Morgan fingerprint density at radius 3 is 1.42 bits per heavy atom. The number of nitrogens with zero attached hydrogens (tertiary/aromatic N) is 2. The van der Waals surface area contributed by atoms with Crippen molar-refractivity contribution in [3.8, 4) is 0 Å². The van der Waals surface area contributed by atoms with Crippen LogP contribution in [0.4, 0.5) is 9.59 Å². The van der Waals surface area contributed by atoms with E-state index in [0.29, 0.717) is 23.9 Å². The number of carbonyl (C=O) groups is 2. The summed E-state index contributed by atoms with van der Waals surface area (Å²) in [6.45, 7) is 39.8. The molecule has 4 N–H and O–H groups in total. The van der Waals surface area contributed by atoms with E-state index in [2.05, 4.69) is 86.3 Å². The second kappa shape index (κ2) is 33.4. The van der Waals surface area contributed by atoms with Gasteiger partial charge in [0.05, 0.1) is 29.8 Å². The van der Waals surface area contributed by atoms with Crippen molar-refractivity contribution in [2.24, 2.45) is 4.99 Å². The molecule has 3 aromatic carbocycles. The molecule has 10 nitrogen and oxygen atoms in total. The van der Waals surface area contributed by atoms with Crippen LogP contribution in [0.2, 0.25) is 0 Å². The maximum absolute atomic E-state index is 11.7. The van der Waals surface area contributed by atoms with E-state index in [-0.39, 0.29) is 18.5 Å². The number of thiol groups is 2. The van der Waals surface area contributed by atoms with Gasteiger partial charge < -0.3 is 30.5 Å². The maximum Gasteiger partial charge on any atom is 0.407 e. The summed E-state index contributed by atoms with van der Waals surface area (Å²) >= 11 is 8.76. The number of aliphatic hydroxyl groups is 2. The molecule has 0 unspecified atom stereocenters. The van der Waals surface area contributed by atoms with Gasteiger partial charge in [-0.25, -0.2) is 9.59 Å². The molecule has 0 atom stereocenters. The minimum absolute atomic E-state index is 0.00363. The van der Waals surface area contributed by atoms with Crippen LogP contribution in [0.15, 0.2) is 97.5 Å². The Bertz CT molecular complexity index is 1830. The zero-order valence-electron chi connectivity index (χ0n) is 40.6. The third-order valence-electron chi connectivity index (χ3n) is 9.46. The molecular formula is C51H78N4O6S3. The molecule has 0 saturated heterocycles. The lowest BCUT2D eigenvalue weighted by molar-refractivity contribution is 0.142. The number of amides is 2. The van der Waals surface area contributed by atoms with Crippen molar-refractivity contribution < 1.29 is 29.3 Å². The van der Waals surface area contributed by atoms with Crippen molar-refractivity contribution >= 4 is 71.2 Å². The van der Waals surface area contributed by atoms with Crippen LogP contribution in [-0.4, -0.2) is 89.2 Å². The highest BCUT2D eigenvalue weighted by molar-refractivity contribution is 8.13. The number of ether oxygens (including phenoxy) is 1. The summed E-state index contributed by atoms with van der Waals surface area (Å²) in [5, 5.41) is 22.2. The van der Waals surface area contributed by atoms with Crippen LogP contribution >= 0.6 is 37.0 Å². The van der Waals surface area contributed by atoms with E-state index in [1.54, 1.807) is 6.08 Å². The first-order valence-corrected chi connectivity index (χ1v) is 23.7. The second-order valence-electron chi connectivity index (χ2n) is 16.1. The summed E-state index contributed by atoms with van der Waals surface area (Å²) in [6.07, 6.45) is 1.18. The normalized spacial score (nSPS) is 10.6. The Labute approximate surface area is 401 Å². The van der Waals surface area contributed by atoms with Crippen molar-refractivity contribution in [3.63, 3.8) is 0 Å². The second-order valence-corrected chi connectivity index (χ2v) is 18.1. The van der Waals surface area contributed by atoms with Gasteiger partial charge in [0.1, 0.15) is 6.61 Å². The highest BCUT2D eigenvalue weighted by Gasteiger charge is 2.25. The highest BCUT2D eigenvalue weighted by Crippen LogP contribution is 2.27. The fraction of sp³-hybridized carbons (Fsp3) is 0.471. The zero-order valence-corrected chi connectivity index (χ0v) is 43.2. The van der Waals surface area contributed by atoms with Gasteiger partial charge in [-0.05, 0) is 134 Å². The SMILES string of the molecule is C=C(C)c1cccc(C(C)(C)N=C=O)c1.C=C(C)c1cccc(C(C)(C)NC(=O)OCCS)c1.C=C(C)c1cccc(C(C)(C)NC(=O)SCCO)c1.CCN(CC)CC.OCCS. The van der Waals surface area contributed by atoms with E-state index in [4.69, 9.17) is 14.9 Å². The standard InChI is InChI=1S/2C15H21NO2S.C13H15NO.C6H15N.C2H6OS/c1-11(2)12-6-5-7-13(10-12)15(3,4)16-14(17)18-8-9-19;1-11(2)12-6-5-7-13(10-12)15(3,4)16-14(18)19-9-8-17;1-10(2)11-6-5-7-12(8-11)13(3,4)14-9-15;1-4-7(5-2)6-3;3-1-2-4/h5-7,10,19H,1,8-9H2,2-4H3,(H,16,17);5-7,10,17H,1,8-9H2,2-4H3,(H,16,18);5-8H,1H2,2-4H3;4-6H2,1-3H3;3-4H,1-2H2. The summed E-state index contributed by atoms with van der Waals surface area (Å²) in [4.78, 5) is 39.8. The molecule has 0 heterocycles. The van der Waals surface area contributed by atoms with Crippen LogP contribution in [-0.2, 0) is 26.1 Å². The van der Waals surface area contributed by atoms with Gasteiger partial charge in [0, 0.05) is 17.3 Å². The Morgan fingerprint density at radius 1 is 0.703 bits per heavy atom. The molecule has 356 valence electrons. The zero-order chi connectivity index (χ0) is 49.5. The topological polar surface area (TPSA) is 141 Å². The van der Waals surface area contributed by atoms with Gasteiger partial charge in [0.2, 0.25) is 6.08 Å². The number of thioether (sulfide) groups is 1. The van der Waals surface area contributed by atoms with Gasteiger partial charge in [0.25, 0.3) is 5.24 Å². The van der Waals surface area contributed by atoms with Gasteiger partial charge in [-0.3, -0.25) is 4.79 Å². The van der Waals surface area contributed by atoms with E-state index < -0.39 is 22.7 Å². The number of isocyanates is 1. The summed E-state index contributed by atoms with van der Waals surface area (Å²) < 4.78 is 4.98. The summed E-state index contributed by atoms with van der Waals surface area (Å²) in [7, 11) is 0. The quantitative estimate of drug-likeness (QED) is 0.0447. The van der Waals surface area contributed by atoms with E-state index in [1.807, 2.05) is 135 Å². The number of hydrogen-bond donors (Lipinski definition) is 6. The molecule has 0 bridgehead atoms. The number of rotatable bonds is 17. The van der Waals surface area contributed by atoms with E-state index >= 15 is 0 Å². The van der Waals surface area contributed by atoms with Crippen LogP contribution in [0, 0.1) is 0 Å². The molecule has 0 aliphatic rings. The number of carbonyl (C=O) groups excluding carboxylic acids is 3. The molecule has 0 fully saturated rings. The third-order valence-corrected chi connectivity index (χ3v) is 10.6. The third kappa shape index (κ3) is 26.0. The van der Waals surface area contributed by atoms with Crippen LogP contribution in [0.25, 0.3) is 16.7 Å². The smallest absolute Gasteiger partial charge is 0.407 e. The van der Waals surface area contributed by atoms with Gasteiger partial charge in [-0.2, -0.15) is 30.2 Å². The molecule has 0 saturated carbocycles. The maximum atomic E-state index is 11.7. The lowest BCUT2D eigenvalue weighted by atomic mass is 9.92. The van der Waals surface area contributed by atoms with Gasteiger partial charge in [-0.1, -0.05) is 124 Å². The molecule has 0 aliphatic heterocycles. The molecule has 64 heavy (non-hydrogen) atoms. The molecule has 3 aromatic rings.